The van der Waals surface area contributed by atoms with Crippen LogP contribution in [0.1, 0.15) is 33.6 Å². The normalized spacial score (nSPS) is 17.9. The zero-order chi connectivity index (χ0) is 12.1. The van der Waals surface area contributed by atoms with Gasteiger partial charge in [0, 0.05) is 6.20 Å². The summed E-state index contributed by atoms with van der Waals surface area (Å²) in [5.41, 5.74) is 11.6. The van der Waals surface area contributed by atoms with Gasteiger partial charge in [0.1, 0.15) is 0 Å². The van der Waals surface area contributed by atoms with Gasteiger partial charge in [-0.15, -0.1) is 0 Å². The highest BCUT2D eigenvalue weighted by Gasteiger charge is 2.08. The molecular weight excluding hydrogens is 194 g/mol. The van der Waals surface area contributed by atoms with E-state index in [1.165, 1.54) is 16.7 Å². The van der Waals surface area contributed by atoms with Gasteiger partial charge in [0.2, 0.25) is 0 Å². The number of hydrogen-bond donors (Lipinski definition) is 1. The SMILES string of the molecule is C=C(C)/C(C)=C/C(=C/N)C1=CCCC=C1C. The van der Waals surface area contributed by atoms with E-state index in [0.29, 0.717) is 0 Å². The molecule has 0 unspecified atom stereocenters. The van der Waals surface area contributed by atoms with E-state index in [2.05, 4.69) is 38.7 Å². The standard InChI is InChI=1S/C15H21N/c1-11(2)13(4)9-14(10-16)15-8-6-5-7-12(15)3/h7-10H,1,5-6,16H2,2-4H3/b13-9+,14-10-. The third-order valence-corrected chi connectivity index (χ3v) is 2.93. The molecule has 1 aliphatic carbocycles. The molecule has 1 aliphatic rings. The molecule has 0 aromatic rings. The molecule has 1 rings (SSSR count). The summed E-state index contributed by atoms with van der Waals surface area (Å²) < 4.78 is 0. The van der Waals surface area contributed by atoms with Crippen LogP contribution in [-0.2, 0) is 0 Å². The topological polar surface area (TPSA) is 26.0 Å². The van der Waals surface area contributed by atoms with Crippen molar-refractivity contribution in [3.63, 3.8) is 0 Å². The fraction of sp³-hybridized carbons (Fsp3) is 0.333. The Kier molecular flexibility index (Phi) is 4.36. The van der Waals surface area contributed by atoms with Crippen molar-refractivity contribution in [2.24, 2.45) is 5.73 Å². The first-order chi connectivity index (χ1) is 7.56. The van der Waals surface area contributed by atoms with Crippen LogP contribution < -0.4 is 5.73 Å². The number of hydrogen-bond acceptors (Lipinski definition) is 1. The quantitative estimate of drug-likeness (QED) is 0.707. The van der Waals surface area contributed by atoms with Crippen molar-refractivity contribution in [2.45, 2.75) is 33.6 Å². The predicted molar refractivity (Wildman–Crippen MR) is 71.9 cm³/mol. The second-order valence-electron chi connectivity index (χ2n) is 4.31. The minimum atomic E-state index is 1.08. The Hall–Kier alpha value is -1.50. The van der Waals surface area contributed by atoms with Crippen molar-refractivity contribution in [1.29, 1.82) is 0 Å². The highest BCUT2D eigenvalue weighted by Crippen LogP contribution is 2.26. The van der Waals surface area contributed by atoms with Crippen LogP contribution in [0, 0.1) is 0 Å². The molecule has 0 spiro atoms. The maximum absolute atomic E-state index is 5.71. The molecule has 0 heterocycles. The summed E-state index contributed by atoms with van der Waals surface area (Å²) in [7, 11) is 0. The van der Waals surface area contributed by atoms with Crippen LogP contribution in [0.15, 0.2) is 58.9 Å². The lowest BCUT2D eigenvalue weighted by Crippen LogP contribution is -1.98. The Morgan fingerprint density at radius 3 is 2.44 bits per heavy atom. The van der Waals surface area contributed by atoms with E-state index in [1.54, 1.807) is 6.20 Å². The zero-order valence-corrected chi connectivity index (χ0v) is 10.5. The molecule has 0 amide bonds. The summed E-state index contributed by atoms with van der Waals surface area (Å²) in [5, 5.41) is 0. The number of allylic oxidation sites excluding steroid dienone is 8. The zero-order valence-electron chi connectivity index (χ0n) is 10.5. The molecule has 0 saturated heterocycles. The minimum Gasteiger partial charge on any atom is -0.404 e. The third kappa shape index (κ3) is 2.99. The molecule has 16 heavy (non-hydrogen) atoms. The predicted octanol–water partition coefficient (Wildman–Crippen LogP) is 4.02. The van der Waals surface area contributed by atoms with Crippen LogP contribution >= 0.6 is 0 Å². The maximum atomic E-state index is 5.71. The van der Waals surface area contributed by atoms with Crippen LogP contribution in [0.2, 0.25) is 0 Å². The molecule has 0 atom stereocenters. The third-order valence-electron chi connectivity index (χ3n) is 2.93. The Labute approximate surface area is 98.7 Å². The number of rotatable bonds is 3. The Morgan fingerprint density at radius 2 is 1.94 bits per heavy atom. The molecule has 0 aromatic heterocycles. The van der Waals surface area contributed by atoms with E-state index in [-0.39, 0.29) is 0 Å². The average Bonchev–Trinajstić information content (AvgIpc) is 2.26. The molecule has 0 saturated carbocycles. The second kappa shape index (κ2) is 5.55. The summed E-state index contributed by atoms with van der Waals surface area (Å²) >= 11 is 0. The van der Waals surface area contributed by atoms with Crippen molar-refractivity contribution in [1.82, 2.24) is 0 Å². The van der Waals surface area contributed by atoms with E-state index < -0.39 is 0 Å². The van der Waals surface area contributed by atoms with Crippen molar-refractivity contribution in [3.05, 3.63) is 58.9 Å². The molecule has 2 N–H and O–H groups in total. The number of nitrogens with two attached hydrogens (primary N) is 1. The van der Waals surface area contributed by atoms with E-state index in [4.69, 9.17) is 5.73 Å². The Bertz CT molecular complexity index is 403. The molecule has 0 aromatic carbocycles. The summed E-state index contributed by atoms with van der Waals surface area (Å²) in [6.07, 6.45) is 10.6. The van der Waals surface area contributed by atoms with Gasteiger partial charge in [-0.3, -0.25) is 0 Å². The minimum absolute atomic E-state index is 1.08. The first-order valence-electron chi connectivity index (χ1n) is 5.70. The van der Waals surface area contributed by atoms with Crippen molar-refractivity contribution >= 4 is 0 Å². The van der Waals surface area contributed by atoms with Crippen LogP contribution in [0.25, 0.3) is 0 Å². The first kappa shape index (κ1) is 12.6. The lowest BCUT2D eigenvalue weighted by atomic mass is 9.91. The van der Waals surface area contributed by atoms with Gasteiger partial charge in [0.25, 0.3) is 0 Å². The average molecular weight is 215 g/mol. The van der Waals surface area contributed by atoms with Gasteiger partial charge in [0.15, 0.2) is 0 Å². The molecule has 86 valence electrons. The van der Waals surface area contributed by atoms with Gasteiger partial charge >= 0.3 is 0 Å². The molecule has 0 bridgehead atoms. The second-order valence-corrected chi connectivity index (χ2v) is 4.31. The summed E-state index contributed by atoms with van der Waals surface area (Å²) in [4.78, 5) is 0. The van der Waals surface area contributed by atoms with Gasteiger partial charge in [-0.25, -0.2) is 0 Å². The van der Waals surface area contributed by atoms with Crippen molar-refractivity contribution in [3.8, 4) is 0 Å². The van der Waals surface area contributed by atoms with Crippen LogP contribution in [-0.4, -0.2) is 0 Å². The highest BCUT2D eigenvalue weighted by atomic mass is 14.5. The molecule has 0 radical (unpaired) electrons. The molecular formula is C15H21N. The van der Waals surface area contributed by atoms with Gasteiger partial charge in [-0.2, -0.15) is 0 Å². The van der Waals surface area contributed by atoms with Crippen LogP contribution in [0.4, 0.5) is 0 Å². The summed E-state index contributed by atoms with van der Waals surface area (Å²) in [6, 6.07) is 0. The fourth-order valence-corrected chi connectivity index (χ4v) is 1.72. The van der Waals surface area contributed by atoms with Gasteiger partial charge in [-0.05, 0) is 62.0 Å². The fourth-order valence-electron chi connectivity index (χ4n) is 1.72. The van der Waals surface area contributed by atoms with Crippen LogP contribution in [0.3, 0.4) is 0 Å². The van der Waals surface area contributed by atoms with E-state index in [0.717, 1.165) is 24.0 Å². The van der Waals surface area contributed by atoms with Gasteiger partial charge in [-0.1, -0.05) is 24.3 Å². The highest BCUT2D eigenvalue weighted by molar-refractivity contribution is 5.53. The smallest absolute Gasteiger partial charge is 0.00176 e. The largest absolute Gasteiger partial charge is 0.404 e. The van der Waals surface area contributed by atoms with Crippen LogP contribution in [0.5, 0.6) is 0 Å². The molecule has 0 fully saturated rings. The van der Waals surface area contributed by atoms with E-state index >= 15 is 0 Å². The lowest BCUT2D eigenvalue weighted by Gasteiger charge is -2.14. The Morgan fingerprint density at radius 1 is 1.31 bits per heavy atom. The van der Waals surface area contributed by atoms with Gasteiger partial charge < -0.3 is 5.73 Å². The first-order valence-corrected chi connectivity index (χ1v) is 5.70. The molecule has 1 heteroatoms. The van der Waals surface area contributed by atoms with Gasteiger partial charge in [0.05, 0.1) is 0 Å². The maximum Gasteiger partial charge on any atom is 0.00176 e. The lowest BCUT2D eigenvalue weighted by molar-refractivity contribution is 0.995. The summed E-state index contributed by atoms with van der Waals surface area (Å²) in [6.45, 7) is 10.1. The summed E-state index contributed by atoms with van der Waals surface area (Å²) in [5.74, 6) is 0. The Balaban J connectivity index is 3.02. The van der Waals surface area contributed by atoms with E-state index in [9.17, 15) is 0 Å². The monoisotopic (exact) mass is 215 g/mol. The van der Waals surface area contributed by atoms with Crippen molar-refractivity contribution < 1.29 is 0 Å². The van der Waals surface area contributed by atoms with E-state index in [1.807, 2.05) is 6.92 Å². The molecule has 0 aliphatic heterocycles. The van der Waals surface area contributed by atoms with Crippen molar-refractivity contribution in [2.75, 3.05) is 0 Å². The molecule has 1 nitrogen and oxygen atoms in total.